The molecule has 2 heterocycles. The molecule has 0 aromatic carbocycles. The normalized spacial score (nSPS) is 16.7. The van der Waals surface area contributed by atoms with Crippen LogP contribution in [0.4, 0.5) is 11.6 Å². The van der Waals surface area contributed by atoms with Crippen LogP contribution in [0.5, 0.6) is 0 Å². The maximum Gasteiger partial charge on any atom is 0.225 e. The molecule has 0 spiro atoms. The Bertz CT molecular complexity index is 396. The standard InChI is InChI=1S/C13H20N4O/c1-3-13(18)14-11-4-5-12(16-15-11)17-8-6-10(2)7-9-17/h4-5,10H,3,6-9H2,1-2H3,(H,14,15,18). The second kappa shape index (κ2) is 5.80. The molecule has 0 aliphatic carbocycles. The molecular formula is C13H20N4O. The van der Waals surface area contributed by atoms with Crippen molar-refractivity contribution >= 4 is 17.5 Å². The molecule has 0 bridgehead atoms. The first kappa shape index (κ1) is 12.8. The van der Waals surface area contributed by atoms with Gasteiger partial charge in [-0.25, -0.2) is 0 Å². The van der Waals surface area contributed by atoms with Crippen molar-refractivity contribution in [2.24, 2.45) is 5.92 Å². The average Bonchev–Trinajstić information content (AvgIpc) is 2.40. The van der Waals surface area contributed by atoms with Crippen molar-refractivity contribution in [3.63, 3.8) is 0 Å². The molecule has 1 N–H and O–H groups in total. The van der Waals surface area contributed by atoms with Crippen LogP contribution in [0, 0.1) is 5.92 Å². The Morgan fingerprint density at radius 3 is 2.67 bits per heavy atom. The molecule has 18 heavy (non-hydrogen) atoms. The third-order valence-electron chi connectivity index (χ3n) is 3.35. The summed E-state index contributed by atoms with van der Waals surface area (Å²) in [6.07, 6.45) is 2.86. The summed E-state index contributed by atoms with van der Waals surface area (Å²) in [6.45, 7) is 6.17. The van der Waals surface area contributed by atoms with Crippen LogP contribution in [0.1, 0.15) is 33.1 Å². The van der Waals surface area contributed by atoms with E-state index in [0.717, 1.165) is 24.8 Å². The van der Waals surface area contributed by atoms with E-state index in [-0.39, 0.29) is 5.91 Å². The van der Waals surface area contributed by atoms with Gasteiger partial charge in [0.25, 0.3) is 0 Å². The van der Waals surface area contributed by atoms with Crippen LogP contribution in [0.25, 0.3) is 0 Å². The third kappa shape index (κ3) is 3.18. The van der Waals surface area contributed by atoms with Crippen LogP contribution in [-0.4, -0.2) is 29.2 Å². The summed E-state index contributed by atoms with van der Waals surface area (Å²) in [5.41, 5.74) is 0. The molecular weight excluding hydrogens is 228 g/mol. The number of anilines is 2. The predicted octanol–water partition coefficient (Wildman–Crippen LogP) is 2.06. The number of rotatable bonds is 3. The molecule has 1 aliphatic heterocycles. The molecule has 1 aliphatic rings. The van der Waals surface area contributed by atoms with Gasteiger partial charge in [-0.05, 0) is 30.9 Å². The summed E-state index contributed by atoms with van der Waals surface area (Å²) < 4.78 is 0. The van der Waals surface area contributed by atoms with E-state index in [1.165, 1.54) is 12.8 Å². The van der Waals surface area contributed by atoms with E-state index < -0.39 is 0 Å². The maximum atomic E-state index is 11.2. The number of piperidine rings is 1. The van der Waals surface area contributed by atoms with E-state index in [9.17, 15) is 4.79 Å². The number of hydrogen-bond acceptors (Lipinski definition) is 4. The maximum absolute atomic E-state index is 11.2. The van der Waals surface area contributed by atoms with Crippen molar-refractivity contribution < 1.29 is 4.79 Å². The van der Waals surface area contributed by atoms with Gasteiger partial charge in [0, 0.05) is 19.5 Å². The Balaban J connectivity index is 1.97. The molecule has 98 valence electrons. The summed E-state index contributed by atoms with van der Waals surface area (Å²) >= 11 is 0. The SMILES string of the molecule is CCC(=O)Nc1ccc(N2CCC(C)CC2)nn1. The van der Waals surface area contributed by atoms with Crippen molar-refractivity contribution in [2.45, 2.75) is 33.1 Å². The van der Waals surface area contributed by atoms with Crippen LogP contribution >= 0.6 is 0 Å². The average molecular weight is 248 g/mol. The van der Waals surface area contributed by atoms with E-state index in [2.05, 4.69) is 27.3 Å². The monoisotopic (exact) mass is 248 g/mol. The van der Waals surface area contributed by atoms with Crippen molar-refractivity contribution in [3.8, 4) is 0 Å². The van der Waals surface area contributed by atoms with Crippen LogP contribution < -0.4 is 10.2 Å². The zero-order valence-electron chi connectivity index (χ0n) is 11.0. The lowest BCUT2D eigenvalue weighted by atomic mass is 9.99. The molecule has 0 radical (unpaired) electrons. The van der Waals surface area contributed by atoms with Crippen molar-refractivity contribution in [1.29, 1.82) is 0 Å². The van der Waals surface area contributed by atoms with Crippen molar-refractivity contribution in [1.82, 2.24) is 10.2 Å². The van der Waals surface area contributed by atoms with Gasteiger partial charge in [0.05, 0.1) is 0 Å². The van der Waals surface area contributed by atoms with Gasteiger partial charge < -0.3 is 10.2 Å². The highest BCUT2D eigenvalue weighted by Crippen LogP contribution is 2.21. The first-order valence-corrected chi connectivity index (χ1v) is 6.57. The fourth-order valence-corrected chi connectivity index (χ4v) is 2.03. The van der Waals surface area contributed by atoms with Crippen LogP contribution in [0.15, 0.2) is 12.1 Å². The molecule has 5 heteroatoms. The summed E-state index contributed by atoms with van der Waals surface area (Å²) in [4.78, 5) is 13.5. The quantitative estimate of drug-likeness (QED) is 0.889. The fourth-order valence-electron chi connectivity index (χ4n) is 2.03. The summed E-state index contributed by atoms with van der Waals surface area (Å²) in [6, 6.07) is 3.74. The van der Waals surface area contributed by atoms with Gasteiger partial charge >= 0.3 is 0 Å². The number of hydrogen-bond donors (Lipinski definition) is 1. The van der Waals surface area contributed by atoms with Gasteiger partial charge in [-0.3, -0.25) is 4.79 Å². The van der Waals surface area contributed by atoms with E-state index in [4.69, 9.17) is 0 Å². The molecule has 1 saturated heterocycles. The number of carbonyl (C=O) groups is 1. The fraction of sp³-hybridized carbons (Fsp3) is 0.615. The van der Waals surface area contributed by atoms with Crippen LogP contribution in [0.3, 0.4) is 0 Å². The minimum Gasteiger partial charge on any atom is -0.355 e. The van der Waals surface area contributed by atoms with Gasteiger partial charge in [0.15, 0.2) is 11.6 Å². The largest absolute Gasteiger partial charge is 0.355 e. The molecule has 1 aromatic heterocycles. The van der Waals surface area contributed by atoms with E-state index in [0.29, 0.717) is 12.2 Å². The lowest BCUT2D eigenvalue weighted by Crippen LogP contribution is -2.33. The Morgan fingerprint density at radius 2 is 2.11 bits per heavy atom. The van der Waals surface area contributed by atoms with Crippen molar-refractivity contribution in [2.75, 3.05) is 23.3 Å². The number of aromatic nitrogens is 2. The Morgan fingerprint density at radius 1 is 1.39 bits per heavy atom. The van der Waals surface area contributed by atoms with Crippen LogP contribution in [0.2, 0.25) is 0 Å². The summed E-state index contributed by atoms with van der Waals surface area (Å²) in [5.74, 6) is 2.19. The molecule has 2 rings (SSSR count). The number of nitrogens with zero attached hydrogens (tertiary/aromatic N) is 3. The zero-order chi connectivity index (χ0) is 13.0. The number of amides is 1. The Labute approximate surface area is 108 Å². The Kier molecular flexibility index (Phi) is 4.12. The van der Waals surface area contributed by atoms with Crippen molar-refractivity contribution in [3.05, 3.63) is 12.1 Å². The van der Waals surface area contributed by atoms with Gasteiger partial charge in [-0.15, -0.1) is 10.2 Å². The van der Waals surface area contributed by atoms with E-state index >= 15 is 0 Å². The summed E-state index contributed by atoms with van der Waals surface area (Å²) in [5, 5.41) is 10.9. The number of carbonyl (C=O) groups excluding carboxylic acids is 1. The van der Waals surface area contributed by atoms with Crippen LogP contribution in [-0.2, 0) is 4.79 Å². The zero-order valence-corrected chi connectivity index (χ0v) is 11.0. The first-order valence-electron chi connectivity index (χ1n) is 6.57. The highest BCUT2D eigenvalue weighted by molar-refractivity contribution is 5.89. The lowest BCUT2D eigenvalue weighted by molar-refractivity contribution is -0.115. The molecule has 0 saturated carbocycles. The topological polar surface area (TPSA) is 58.1 Å². The highest BCUT2D eigenvalue weighted by atomic mass is 16.1. The predicted molar refractivity (Wildman–Crippen MR) is 71.6 cm³/mol. The second-order valence-electron chi connectivity index (χ2n) is 4.85. The Hall–Kier alpha value is -1.65. The lowest BCUT2D eigenvalue weighted by Gasteiger charge is -2.30. The molecule has 1 amide bonds. The molecule has 0 atom stereocenters. The molecule has 0 unspecified atom stereocenters. The van der Waals surface area contributed by atoms with E-state index in [1.807, 2.05) is 19.1 Å². The smallest absolute Gasteiger partial charge is 0.225 e. The van der Waals surface area contributed by atoms with E-state index in [1.54, 1.807) is 0 Å². The molecule has 1 aromatic rings. The van der Waals surface area contributed by atoms with Gasteiger partial charge in [-0.1, -0.05) is 13.8 Å². The minimum atomic E-state index is -0.0381. The van der Waals surface area contributed by atoms with Gasteiger partial charge in [0.1, 0.15) is 0 Å². The minimum absolute atomic E-state index is 0.0381. The third-order valence-corrected chi connectivity index (χ3v) is 3.35. The second-order valence-corrected chi connectivity index (χ2v) is 4.85. The molecule has 1 fully saturated rings. The van der Waals surface area contributed by atoms with Gasteiger partial charge in [-0.2, -0.15) is 0 Å². The molecule has 5 nitrogen and oxygen atoms in total. The highest BCUT2D eigenvalue weighted by Gasteiger charge is 2.17. The number of nitrogens with one attached hydrogen (secondary N) is 1. The summed E-state index contributed by atoms with van der Waals surface area (Å²) in [7, 11) is 0. The van der Waals surface area contributed by atoms with Gasteiger partial charge in [0.2, 0.25) is 5.91 Å². The first-order chi connectivity index (χ1) is 8.69.